The number of carbonyl (C=O) groups excluding carboxylic acids is 2. The molecule has 138 valence electrons. The molecule has 0 fully saturated rings. The Morgan fingerprint density at radius 1 is 1.15 bits per heavy atom. The van der Waals surface area contributed by atoms with E-state index in [-0.39, 0.29) is 22.4 Å². The number of benzene rings is 1. The molecular weight excluding hydrogens is 358 g/mol. The third kappa shape index (κ3) is 2.20. The molecule has 8 nitrogen and oxygen atoms in total. The van der Waals surface area contributed by atoms with Gasteiger partial charge in [0.2, 0.25) is 15.8 Å². The highest BCUT2D eigenvalue weighted by Crippen LogP contribution is 2.38. The zero-order chi connectivity index (χ0) is 19.6. The maximum absolute atomic E-state index is 12.8. The SMILES string of the molecule is Cc1[nH]n(C)c(=O)c1C(=O)c1ccc2c(c1)N(C)S(=O)(=O)C(C)(C)C2=O. The summed E-state index contributed by atoms with van der Waals surface area (Å²) in [5.74, 6) is -1.06. The summed E-state index contributed by atoms with van der Waals surface area (Å²) in [5.41, 5.74) is 0.424. The zero-order valence-electron chi connectivity index (χ0n) is 15.1. The van der Waals surface area contributed by atoms with Crippen molar-refractivity contribution in [3.63, 3.8) is 0 Å². The summed E-state index contributed by atoms with van der Waals surface area (Å²) < 4.78 is 25.9. The minimum absolute atomic E-state index is 0.0135. The number of aryl methyl sites for hydroxylation is 2. The Balaban J connectivity index is 2.19. The van der Waals surface area contributed by atoms with Gasteiger partial charge in [-0.3, -0.25) is 28.5 Å². The normalized spacial score (nSPS) is 17.9. The first-order chi connectivity index (χ1) is 11.9. The van der Waals surface area contributed by atoms with Crippen LogP contribution in [0.4, 0.5) is 5.69 Å². The Kier molecular flexibility index (Phi) is 3.77. The fourth-order valence-electron chi connectivity index (χ4n) is 3.14. The van der Waals surface area contributed by atoms with Crippen LogP contribution in [0, 0.1) is 6.92 Å². The first-order valence-electron chi connectivity index (χ1n) is 7.89. The number of sulfonamides is 1. The van der Waals surface area contributed by atoms with Crippen LogP contribution in [-0.2, 0) is 17.1 Å². The molecular formula is C17H19N3O5S. The number of nitrogens with one attached hydrogen (secondary N) is 1. The smallest absolute Gasteiger partial charge is 0.277 e. The lowest BCUT2D eigenvalue weighted by molar-refractivity contribution is 0.0950. The van der Waals surface area contributed by atoms with Crippen molar-refractivity contribution in [1.29, 1.82) is 0 Å². The lowest BCUT2D eigenvalue weighted by Gasteiger charge is -2.36. The number of H-pyrrole nitrogens is 1. The van der Waals surface area contributed by atoms with Gasteiger partial charge < -0.3 is 0 Å². The molecule has 26 heavy (non-hydrogen) atoms. The summed E-state index contributed by atoms with van der Waals surface area (Å²) in [6, 6.07) is 4.21. The Morgan fingerprint density at radius 2 is 1.77 bits per heavy atom. The van der Waals surface area contributed by atoms with E-state index >= 15 is 0 Å². The van der Waals surface area contributed by atoms with Gasteiger partial charge in [0.15, 0.2) is 5.78 Å². The van der Waals surface area contributed by atoms with Crippen molar-refractivity contribution in [2.45, 2.75) is 25.5 Å². The first-order valence-corrected chi connectivity index (χ1v) is 9.33. The van der Waals surface area contributed by atoms with E-state index in [2.05, 4.69) is 5.10 Å². The van der Waals surface area contributed by atoms with E-state index in [1.165, 1.54) is 50.8 Å². The van der Waals surface area contributed by atoms with Crippen LogP contribution in [0.3, 0.4) is 0 Å². The largest absolute Gasteiger partial charge is 0.299 e. The average Bonchev–Trinajstić information content (AvgIpc) is 2.83. The molecule has 2 heterocycles. The number of nitrogens with zero attached hydrogens (tertiary/aromatic N) is 2. The number of anilines is 1. The standard InChI is InChI=1S/C17H19N3O5S/c1-9-13(16(23)19(4)18-9)14(21)10-6-7-11-12(8-10)20(5)26(24,25)17(2,3)15(11)22/h6-8,18H,1-5H3. The molecule has 0 saturated carbocycles. The van der Waals surface area contributed by atoms with Gasteiger partial charge in [-0.05, 0) is 32.9 Å². The quantitative estimate of drug-likeness (QED) is 0.785. The molecule has 0 aliphatic carbocycles. The van der Waals surface area contributed by atoms with Crippen LogP contribution in [0.1, 0.15) is 45.8 Å². The average molecular weight is 377 g/mol. The van der Waals surface area contributed by atoms with Gasteiger partial charge in [-0.25, -0.2) is 8.42 Å². The third-order valence-corrected chi connectivity index (χ3v) is 7.24. The second-order valence-electron chi connectivity index (χ2n) is 6.85. The van der Waals surface area contributed by atoms with Crippen molar-refractivity contribution < 1.29 is 18.0 Å². The summed E-state index contributed by atoms with van der Waals surface area (Å²) >= 11 is 0. The molecule has 1 aromatic carbocycles. The van der Waals surface area contributed by atoms with Crippen LogP contribution in [0.15, 0.2) is 23.0 Å². The van der Waals surface area contributed by atoms with Crippen molar-refractivity contribution >= 4 is 27.3 Å². The molecule has 3 rings (SSSR count). The van der Waals surface area contributed by atoms with Crippen LogP contribution in [0.5, 0.6) is 0 Å². The summed E-state index contributed by atoms with van der Waals surface area (Å²) in [6.45, 7) is 4.32. The number of carbonyl (C=O) groups is 2. The van der Waals surface area contributed by atoms with Crippen molar-refractivity contribution in [2.24, 2.45) is 7.05 Å². The number of fused-ring (bicyclic) bond motifs is 1. The summed E-state index contributed by atoms with van der Waals surface area (Å²) in [5, 5.41) is 2.75. The van der Waals surface area contributed by atoms with Crippen LogP contribution in [0.25, 0.3) is 0 Å². The maximum Gasteiger partial charge on any atom is 0.277 e. The molecule has 0 atom stereocenters. The zero-order valence-corrected chi connectivity index (χ0v) is 15.9. The van der Waals surface area contributed by atoms with E-state index in [0.29, 0.717) is 5.69 Å². The molecule has 0 radical (unpaired) electrons. The number of hydrogen-bond acceptors (Lipinski definition) is 5. The van der Waals surface area contributed by atoms with Gasteiger partial charge >= 0.3 is 0 Å². The van der Waals surface area contributed by atoms with Gasteiger partial charge in [0.1, 0.15) is 10.3 Å². The predicted octanol–water partition coefficient (Wildman–Crippen LogP) is 0.994. The van der Waals surface area contributed by atoms with Gasteiger partial charge in [0, 0.05) is 30.9 Å². The Labute approximate surface area is 150 Å². The minimum atomic E-state index is -3.92. The Bertz CT molecular complexity index is 1120. The number of aromatic nitrogens is 2. The number of ketones is 2. The topological polar surface area (TPSA) is 109 Å². The van der Waals surface area contributed by atoms with Crippen molar-refractivity contribution in [3.8, 4) is 0 Å². The highest BCUT2D eigenvalue weighted by Gasteiger charge is 2.50. The molecule has 1 N–H and O–H groups in total. The summed E-state index contributed by atoms with van der Waals surface area (Å²) in [7, 11) is -1.08. The molecule has 0 spiro atoms. The van der Waals surface area contributed by atoms with Crippen LogP contribution in [-0.4, -0.2) is 41.6 Å². The predicted molar refractivity (Wildman–Crippen MR) is 96.4 cm³/mol. The van der Waals surface area contributed by atoms with E-state index in [1.807, 2.05) is 0 Å². The fourth-order valence-corrected chi connectivity index (χ4v) is 4.58. The lowest BCUT2D eigenvalue weighted by Crippen LogP contribution is -2.52. The molecule has 0 bridgehead atoms. The minimum Gasteiger partial charge on any atom is -0.299 e. The molecule has 0 amide bonds. The first kappa shape index (κ1) is 18.1. The van der Waals surface area contributed by atoms with E-state index in [0.717, 1.165) is 4.31 Å². The molecule has 0 unspecified atom stereocenters. The highest BCUT2D eigenvalue weighted by molar-refractivity contribution is 7.95. The van der Waals surface area contributed by atoms with E-state index in [4.69, 9.17) is 0 Å². The Morgan fingerprint density at radius 3 is 2.31 bits per heavy atom. The number of hydrogen-bond donors (Lipinski definition) is 1. The Hall–Kier alpha value is -2.68. The third-order valence-electron chi connectivity index (χ3n) is 4.85. The maximum atomic E-state index is 12.8. The summed E-state index contributed by atoms with van der Waals surface area (Å²) in [4.78, 5) is 37.5. The number of aromatic amines is 1. The van der Waals surface area contributed by atoms with Crippen LogP contribution >= 0.6 is 0 Å². The second kappa shape index (κ2) is 5.41. The van der Waals surface area contributed by atoms with Gasteiger partial charge in [-0.1, -0.05) is 6.07 Å². The summed E-state index contributed by atoms with van der Waals surface area (Å²) in [6.07, 6.45) is 0. The van der Waals surface area contributed by atoms with Gasteiger partial charge in [-0.2, -0.15) is 0 Å². The van der Waals surface area contributed by atoms with E-state index in [9.17, 15) is 22.8 Å². The van der Waals surface area contributed by atoms with Crippen molar-refractivity contribution in [3.05, 3.63) is 50.9 Å². The van der Waals surface area contributed by atoms with Crippen molar-refractivity contribution in [2.75, 3.05) is 11.4 Å². The van der Waals surface area contributed by atoms with Gasteiger partial charge in [0.05, 0.1) is 5.69 Å². The van der Waals surface area contributed by atoms with Gasteiger partial charge in [-0.15, -0.1) is 0 Å². The number of rotatable bonds is 2. The lowest BCUT2D eigenvalue weighted by atomic mass is 9.94. The monoisotopic (exact) mass is 377 g/mol. The second-order valence-corrected chi connectivity index (χ2v) is 9.37. The highest BCUT2D eigenvalue weighted by atomic mass is 32.2. The molecule has 1 aliphatic rings. The molecule has 2 aromatic rings. The van der Waals surface area contributed by atoms with E-state index < -0.39 is 31.9 Å². The molecule has 0 saturated heterocycles. The molecule has 9 heteroatoms. The van der Waals surface area contributed by atoms with Crippen LogP contribution in [0.2, 0.25) is 0 Å². The molecule has 1 aliphatic heterocycles. The fraction of sp³-hybridized carbons (Fsp3) is 0.353. The van der Waals surface area contributed by atoms with E-state index in [1.54, 1.807) is 6.92 Å². The van der Waals surface area contributed by atoms with Gasteiger partial charge in [0.25, 0.3) is 5.56 Å². The van der Waals surface area contributed by atoms with Crippen LogP contribution < -0.4 is 9.86 Å². The van der Waals surface area contributed by atoms with Crippen molar-refractivity contribution in [1.82, 2.24) is 9.78 Å². The molecule has 1 aromatic heterocycles. The number of Topliss-reactive ketones (excluding diaryl/α,β-unsaturated/α-hetero) is 1.